The molecule has 3 rings (SSSR count). The molecule has 0 spiro atoms. The molecule has 0 fully saturated rings. The van der Waals surface area contributed by atoms with E-state index < -0.39 is 16.2 Å². The number of aryl methyl sites for hydroxylation is 1. The molecule has 2 aliphatic rings. The molecular formula is C15H14N4O4. The number of benzene rings is 1. The third kappa shape index (κ3) is 2.59. The molecule has 0 bridgehead atoms. The molecule has 0 amide bonds. The zero-order chi connectivity index (χ0) is 16.6. The average Bonchev–Trinajstić information content (AvgIpc) is 2.51. The van der Waals surface area contributed by atoms with Crippen LogP contribution in [-0.4, -0.2) is 19.5 Å². The number of nitro groups is 1. The van der Waals surface area contributed by atoms with Crippen molar-refractivity contribution >= 4 is 16.6 Å². The number of nitrogens with one attached hydrogen (secondary N) is 1. The molecule has 0 saturated heterocycles. The van der Waals surface area contributed by atoms with E-state index in [0.717, 1.165) is 12.8 Å². The van der Waals surface area contributed by atoms with E-state index in [1.54, 1.807) is 10.6 Å². The molecule has 0 atom stereocenters. The lowest BCUT2D eigenvalue weighted by atomic mass is 10.1. The van der Waals surface area contributed by atoms with Crippen LogP contribution in [0.15, 0.2) is 33.9 Å². The Morgan fingerprint density at radius 1 is 1.30 bits per heavy atom. The van der Waals surface area contributed by atoms with Gasteiger partial charge in [0.25, 0.3) is 11.2 Å². The molecule has 1 aromatic rings. The van der Waals surface area contributed by atoms with E-state index in [4.69, 9.17) is 0 Å². The lowest BCUT2D eigenvalue weighted by Crippen LogP contribution is -2.27. The summed E-state index contributed by atoms with van der Waals surface area (Å²) in [5, 5.41) is 11.5. The van der Waals surface area contributed by atoms with Crippen LogP contribution in [0.3, 0.4) is 0 Å². The van der Waals surface area contributed by atoms with Crippen molar-refractivity contribution in [3.05, 3.63) is 55.2 Å². The maximum atomic E-state index is 12.0. The molecule has 8 nitrogen and oxygen atoms in total. The summed E-state index contributed by atoms with van der Waals surface area (Å²) in [6.45, 7) is 2.59. The van der Waals surface area contributed by atoms with Crippen LogP contribution in [0.5, 0.6) is 0 Å². The Bertz CT molecular complexity index is 989. The molecule has 1 aromatic carbocycles. The summed E-state index contributed by atoms with van der Waals surface area (Å²) in [6, 6.07) is 5.98. The first-order valence-electron chi connectivity index (χ1n) is 7.23. The number of H-pyrrole nitrogens is 1. The van der Waals surface area contributed by atoms with E-state index in [2.05, 4.69) is 9.97 Å². The van der Waals surface area contributed by atoms with Gasteiger partial charge in [0.2, 0.25) is 0 Å². The number of pyridine rings is 1. The summed E-state index contributed by atoms with van der Waals surface area (Å²) >= 11 is 0. The van der Waals surface area contributed by atoms with E-state index in [0.29, 0.717) is 23.3 Å². The molecule has 2 heterocycles. The summed E-state index contributed by atoms with van der Waals surface area (Å²) in [5.41, 5.74) is -0.348. The van der Waals surface area contributed by atoms with Gasteiger partial charge in [0, 0.05) is 24.1 Å². The number of nitro benzene ring substituents is 1. The number of nitrogens with zero attached hydrogens (tertiary/aromatic N) is 3. The zero-order valence-corrected chi connectivity index (χ0v) is 12.4. The normalized spacial score (nSPS) is 11.2. The Labute approximate surface area is 129 Å². The SMILES string of the molecule is CCCCn1c2nc(=O)[nH]c(=O)c-2cc2cc([N+](=O)[O-])ccc21. The smallest absolute Gasteiger partial charge is 0.325 e. The van der Waals surface area contributed by atoms with Crippen molar-refractivity contribution in [1.82, 2.24) is 14.5 Å². The number of hydrogen-bond donors (Lipinski definition) is 1. The fourth-order valence-electron chi connectivity index (χ4n) is 2.62. The van der Waals surface area contributed by atoms with Crippen LogP contribution in [0.4, 0.5) is 5.69 Å². The second-order valence-electron chi connectivity index (χ2n) is 5.26. The molecule has 23 heavy (non-hydrogen) atoms. The van der Waals surface area contributed by atoms with Crippen molar-refractivity contribution in [3.8, 4) is 11.4 Å². The van der Waals surface area contributed by atoms with Crippen molar-refractivity contribution in [3.63, 3.8) is 0 Å². The Morgan fingerprint density at radius 3 is 2.78 bits per heavy atom. The molecule has 2 aliphatic heterocycles. The maximum absolute atomic E-state index is 12.0. The molecule has 118 valence electrons. The number of rotatable bonds is 4. The van der Waals surface area contributed by atoms with Gasteiger partial charge in [-0.3, -0.25) is 19.9 Å². The van der Waals surface area contributed by atoms with Gasteiger partial charge in [0.05, 0.1) is 16.0 Å². The van der Waals surface area contributed by atoms with Crippen molar-refractivity contribution in [2.24, 2.45) is 0 Å². The quantitative estimate of drug-likeness (QED) is 0.449. The van der Waals surface area contributed by atoms with Gasteiger partial charge in [-0.05, 0) is 18.6 Å². The minimum Gasteiger partial charge on any atom is -0.325 e. The maximum Gasteiger partial charge on any atom is 0.349 e. The molecule has 0 unspecified atom stereocenters. The monoisotopic (exact) mass is 314 g/mol. The summed E-state index contributed by atoms with van der Waals surface area (Å²) < 4.78 is 1.77. The first-order chi connectivity index (χ1) is 11.0. The summed E-state index contributed by atoms with van der Waals surface area (Å²) in [5.74, 6) is 0.300. The number of non-ortho nitro benzene ring substituents is 1. The highest BCUT2D eigenvalue weighted by atomic mass is 16.6. The first kappa shape index (κ1) is 14.9. The highest BCUT2D eigenvalue weighted by Crippen LogP contribution is 2.27. The largest absolute Gasteiger partial charge is 0.349 e. The Hall–Kier alpha value is -3.03. The Kier molecular flexibility index (Phi) is 3.65. The van der Waals surface area contributed by atoms with Gasteiger partial charge in [-0.15, -0.1) is 0 Å². The second-order valence-corrected chi connectivity index (χ2v) is 5.26. The summed E-state index contributed by atoms with van der Waals surface area (Å²) in [4.78, 5) is 40.1. The first-order valence-corrected chi connectivity index (χ1v) is 7.23. The fourth-order valence-corrected chi connectivity index (χ4v) is 2.62. The van der Waals surface area contributed by atoms with E-state index in [-0.39, 0.29) is 11.3 Å². The van der Waals surface area contributed by atoms with Gasteiger partial charge in [-0.2, -0.15) is 4.98 Å². The highest BCUT2D eigenvalue weighted by Gasteiger charge is 2.18. The predicted octanol–water partition coefficient (Wildman–Crippen LogP) is 1.90. The van der Waals surface area contributed by atoms with Crippen molar-refractivity contribution in [2.45, 2.75) is 26.3 Å². The van der Waals surface area contributed by atoms with Gasteiger partial charge >= 0.3 is 5.69 Å². The fraction of sp³-hybridized carbons (Fsp3) is 0.267. The number of unbranched alkanes of at least 4 members (excludes halogenated alkanes) is 1. The lowest BCUT2D eigenvalue weighted by Gasteiger charge is -2.16. The van der Waals surface area contributed by atoms with E-state index in [1.807, 2.05) is 6.92 Å². The topological polar surface area (TPSA) is 111 Å². The van der Waals surface area contributed by atoms with E-state index in [1.165, 1.54) is 18.2 Å². The molecule has 0 radical (unpaired) electrons. The van der Waals surface area contributed by atoms with Crippen LogP contribution in [0, 0.1) is 10.1 Å². The molecule has 0 saturated carbocycles. The van der Waals surface area contributed by atoms with Crippen molar-refractivity contribution in [2.75, 3.05) is 0 Å². The van der Waals surface area contributed by atoms with Crippen LogP contribution in [0.2, 0.25) is 0 Å². The second kappa shape index (κ2) is 5.64. The van der Waals surface area contributed by atoms with Crippen LogP contribution in [0.25, 0.3) is 22.3 Å². The molecule has 8 heteroatoms. The van der Waals surface area contributed by atoms with Crippen molar-refractivity contribution < 1.29 is 4.92 Å². The third-order valence-electron chi connectivity index (χ3n) is 3.72. The zero-order valence-electron chi connectivity index (χ0n) is 12.4. The third-order valence-corrected chi connectivity index (χ3v) is 3.72. The summed E-state index contributed by atoms with van der Waals surface area (Å²) in [6.07, 6.45) is 1.75. The minimum absolute atomic E-state index is 0.0521. The molecule has 0 aliphatic carbocycles. The van der Waals surface area contributed by atoms with Gasteiger partial charge in [-0.25, -0.2) is 4.79 Å². The van der Waals surface area contributed by atoms with Crippen LogP contribution < -0.4 is 11.2 Å². The summed E-state index contributed by atoms with van der Waals surface area (Å²) in [7, 11) is 0. The van der Waals surface area contributed by atoms with Crippen molar-refractivity contribution in [1.29, 1.82) is 0 Å². The predicted molar refractivity (Wildman–Crippen MR) is 84.8 cm³/mol. The van der Waals surface area contributed by atoms with Gasteiger partial charge < -0.3 is 4.57 Å². The highest BCUT2D eigenvalue weighted by molar-refractivity contribution is 5.87. The average molecular weight is 314 g/mol. The van der Waals surface area contributed by atoms with Gasteiger partial charge in [-0.1, -0.05) is 13.3 Å². The lowest BCUT2D eigenvalue weighted by molar-refractivity contribution is -0.384. The molecular weight excluding hydrogens is 300 g/mol. The Balaban J connectivity index is 2.42. The minimum atomic E-state index is -0.700. The van der Waals surface area contributed by atoms with E-state index in [9.17, 15) is 19.7 Å². The number of aromatic nitrogens is 3. The van der Waals surface area contributed by atoms with Gasteiger partial charge in [0.1, 0.15) is 0 Å². The Morgan fingerprint density at radius 2 is 2.09 bits per heavy atom. The number of aromatic amines is 1. The van der Waals surface area contributed by atoms with Crippen LogP contribution in [0.1, 0.15) is 19.8 Å². The molecule has 0 aromatic heterocycles. The number of fused-ring (bicyclic) bond motifs is 2. The standard InChI is InChI=1S/C15H14N4O4/c1-2-3-6-18-12-5-4-10(19(22)23)7-9(12)8-11-13(18)16-15(21)17-14(11)20/h4-5,7-8H,2-3,6H2,1H3,(H,17,20,21). The molecule has 1 N–H and O–H groups in total. The van der Waals surface area contributed by atoms with Crippen LogP contribution >= 0.6 is 0 Å². The van der Waals surface area contributed by atoms with Crippen LogP contribution in [-0.2, 0) is 6.54 Å². The van der Waals surface area contributed by atoms with E-state index >= 15 is 0 Å². The van der Waals surface area contributed by atoms with Gasteiger partial charge in [0.15, 0.2) is 5.82 Å². The number of hydrogen-bond acceptors (Lipinski definition) is 5.